The van der Waals surface area contributed by atoms with Gasteiger partial charge < -0.3 is 4.42 Å². The van der Waals surface area contributed by atoms with Gasteiger partial charge in [-0.2, -0.15) is 0 Å². The maximum absolute atomic E-state index is 15.4. The lowest BCUT2D eigenvalue weighted by Gasteiger charge is -2.41. The lowest BCUT2D eigenvalue weighted by atomic mass is 9.41. The second-order valence-electron chi connectivity index (χ2n) is 11.7. The molecule has 198 valence electrons. The van der Waals surface area contributed by atoms with Crippen LogP contribution in [0.4, 0.5) is 8.78 Å². The zero-order chi connectivity index (χ0) is 29.1. The van der Waals surface area contributed by atoms with Crippen molar-refractivity contribution in [1.29, 1.82) is 0 Å². The van der Waals surface area contributed by atoms with E-state index in [1.165, 1.54) is 11.6 Å². The molecule has 41 heavy (non-hydrogen) atoms. The highest BCUT2D eigenvalue weighted by Crippen LogP contribution is 2.43. The second-order valence-corrected chi connectivity index (χ2v) is 11.7. The average Bonchev–Trinajstić information content (AvgIpc) is 3.32. The fourth-order valence-electron chi connectivity index (χ4n) is 5.19. The lowest BCUT2D eigenvalue weighted by molar-refractivity contribution is 0.349. The summed E-state index contributed by atoms with van der Waals surface area (Å²) in [6.07, 6.45) is 1.13. The summed E-state index contributed by atoms with van der Waals surface area (Å²) >= 11 is 0. The standard InChI is InChI=1S/C35H27B2F2NO/c1-20-8-10-21(11-9-20)22-12-14-23(15-13-22)31-28(38)17-16-25-24-6-5-7-26(32(24)41-33(25)31)30-18-27(29(39)19-40-30)35(36,37)34(2,3)4/h5-19H,1-4H3. The number of benzene rings is 4. The molecule has 0 bridgehead atoms. The van der Waals surface area contributed by atoms with Crippen LogP contribution in [-0.2, 0) is 5.21 Å². The van der Waals surface area contributed by atoms with Gasteiger partial charge >= 0.3 is 0 Å². The molecule has 0 spiro atoms. The average molecular weight is 537 g/mol. The smallest absolute Gasteiger partial charge is 0.146 e. The molecular formula is C35H27B2F2NO. The highest BCUT2D eigenvalue weighted by atomic mass is 19.1. The molecule has 2 heterocycles. The molecule has 0 aliphatic rings. The SMILES string of the molecule is [B]C([B])(c1cc(-c2cccc3c2oc2c(-c4ccc(-c5ccc(C)cc5)cc4)c(F)ccc23)ncc1F)C(C)(C)C. The molecule has 0 N–H and O–H groups in total. The van der Waals surface area contributed by atoms with Crippen molar-refractivity contribution in [2.24, 2.45) is 5.41 Å². The Morgan fingerprint density at radius 3 is 1.98 bits per heavy atom. The van der Waals surface area contributed by atoms with Gasteiger partial charge in [-0.15, -0.1) is 0 Å². The van der Waals surface area contributed by atoms with Crippen LogP contribution in [0, 0.1) is 24.0 Å². The monoisotopic (exact) mass is 537 g/mol. The van der Waals surface area contributed by atoms with E-state index in [9.17, 15) is 4.39 Å². The van der Waals surface area contributed by atoms with Gasteiger partial charge in [0, 0.05) is 16.3 Å². The Bertz CT molecular complexity index is 1920. The first-order valence-electron chi connectivity index (χ1n) is 13.5. The molecule has 0 fully saturated rings. The number of nitrogens with zero attached hydrogens (tertiary/aromatic N) is 1. The van der Waals surface area contributed by atoms with Gasteiger partial charge in [0.2, 0.25) is 0 Å². The maximum atomic E-state index is 15.4. The summed E-state index contributed by atoms with van der Waals surface area (Å²) in [5, 5.41) is 0.118. The van der Waals surface area contributed by atoms with Crippen molar-refractivity contribution in [3.05, 3.63) is 114 Å². The van der Waals surface area contributed by atoms with Crippen LogP contribution in [0.3, 0.4) is 0 Å². The van der Waals surface area contributed by atoms with Crippen molar-refractivity contribution in [2.75, 3.05) is 0 Å². The Balaban J connectivity index is 1.50. The molecule has 0 amide bonds. The van der Waals surface area contributed by atoms with E-state index in [0.717, 1.165) is 28.1 Å². The summed E-state index contributed by atoms with van der Waals surface area (Å²) in [7, 11) is 12.9. The Morgan fingerprint density at radius 1 is 0.707 bits per heavy atom. The van der Waals surface area contributed by atoms with Crippen LogP contribution < -0.4 is 0 Å². The topological polar surface area (TPSA) is 26.0 Å². The minimum atomic E-state index is -1.45. The summed E-state index contributed by atoms with van der Waals surface area (Å²) in [5.74, 6) is -0.964. The third-order valence-corrected chi connectivity index (χ3v) is 7.99. The Hall–Kier alpha value is -4.18. The van der Waals surface area contributed by atoms with E-state index in [1.807, 2.05) is 63.2 Å². The van der Waals surface area contributed by atoms with Crippen LogP contribution in [0.1, 0.15) is 31.9 Å². The minimum Gasteiger partial charge on any atom is -0.455 e. The number of hydrogen-bond acceptors (Lipinski definition) is 2. The van der Waals surface area contributed by atoms with Gasteiger partial charge in [0.25, 0.3) is 0 Å². The van der Waals surface area contributed by atoms with Crippen LogP contribution in [0.15, 0.2) is 95.5 Å². The van der Waals surface area contributed by atoms with E-state index >= 15 is 4.39 Å². The highest BCUT2D eigenvalue weighted by Gasteiger charge is 2.36. The van der Waals surface area contributed by atoms with Gasteiger partial charge in [0.1, 0.15) is 22.8 Å². The third-order valence-electron chi connectivity index (χ3n) is 7.99. The molecule has 0 aliphatic carbocycles. The first kappa shape index (κ1) is 27.0. The van der Waals surface area contributed by atoms with Crippen LogP contribution in [-0.4, -0.2) is 20.7 Å². The Labute approximate surface area is 241 Å². The predicted octanol–water partition coefficient (Wildman–Crippen LogP) is 9.10. The molecule has 4 aromatic carbocycles. The zero-order valence-corrected chi connectivity index (χ0v) is 23.4. The first-order valence-corrected chi connectivity index (χ1v) is 13.5. The summed E-state index contributed by atoms with van der Waals surface area (Å²) in [6.45, 7) is 7.62. The normalized spacial score (nSPS) is 12.3. The molecule has 0 saturated carbocycles. The van der Waals surface area contributed by atoms with Gasteiger partial charge in [0.15, 0.2) is 0 Å². The van der Waals surface area contributed by atoms with Crippen molar-refractivity contribution in [3.8, 4) is 33.5 Å². The van der Waals surface area contributed by atoms with Gasteiger partial charge in [-0.25, -0.2) is 8.78 Å². The molecule has 0 aliphatic heterocycles. The van der Waals surface area contributed by atoms with E-state index < -0.39 is 16.4 Å². The molecule has 0 saturated heterocycles. The summed E-state index contributed by atoms with van der Waals surface area (Å²) in [4.78, 5) is 4.35. The number of furan rings is 1. The fraction of sp³-hybridized carbons (Fsp3) is 0.171. The summed E-state index contributed by atoms with van der Waals surface area (Å²) in [6, 6.07) is 26.5. The second kappa shape index (κ2) is 9.73. The number of hydrogen-bond donors (Lipinski definition) is 0. The van der Waals surface area contributed by atoms with E-state index in [-0.39, 0.29) is 11.4 Å². The third kappa shape index (κ3) is 4.56. The Morgan fingerprint density at radius 2 is 1.32 bits per heavy atom. The largest absolute Gasteiger partial charge is 0.455 e. The molecule has 6 rings (SSSR count). The fourth-order valence-corrected chi connectivity index (χ4v) is 5.19. The molecule has 2 nitrogen and oxygen atoms in total. The van der Waals surface area contributed by atoms with E-state index in [4.69, 9.17) is 20.1 Å². The molecule has 0 atom stereocenters. The number of aromatic nitrogens is 1. The van der Waals surface area contributed by atoms with Crippen LogP contribution >= 0.6 is 0 Å². The lowest BCUT2D eigenvalue weighted by Crippen LogP contribution is -2.42. The quantitative estimate of drug-likeness (QED) is 0.210. The zero-order valence-electron chi connectivity index (χ0n) is 23.4. The maximum Gasteiger partial charge on any atom is 0.146 e. The van der Waals surface area contributed by atoms with Crippen LogP contribution in [0.25, 0.3) is 55.4 Å². The van der Waals surface area contributed by atoms with Crippen molar-refractivity contribution < 1.29 is 13.2 Å². The molecule has 2 aromatic heterocycles. The van der Waals surface area contributed by atoms with Crippen molar-refractivity contribution >= 4 is 37.6 Å². The number of rotatable bonds is 4. The summed E-state index contributed by atoms with van der Waals surface area (Å²) in [5.41, 5.74) is 5.97. The van der Waals surface area contributed by atoms with Crippen LogP contribution in [0.5, 0.6) is 0 Å². The molecule has 6 heteroatoms. The summed E-state index contributed by atoms with van der Waals surface area (Å²) < 4.78 is 36.8. The molecule has 0 unspecified atom stereocenters. The van der Waals surface area contributed by atoms with Crippen LogP contribution in [0.2, 0.25) is 0 Å². The number of fused-ring (bicyclic) bond motifs is 3. The van der Waals surface area contributed by atoms with E-state index in [2.05, 4.69) is 36.2 Å². The minimum absolute atomic E-state index is 0.156. The van der Waals surface area contributed by atoms with Gasteiger partial charge in [-0.05, 0) is 58.9 Å². The van der Waals surface area contributed by atoms with Gasteiger partial charge in [0.05, 0.1) is 33.1 Å². The van der Waals surface area contributed by atoms with Crippen molar-refractivity contribution in [3.63, 3.8) is 0 Å². The van der Waals surface area contributed by atoms with Crippen molar-refractivity contribution in [2.45, 2.75) is 32.9 Å². The van der Waals surface area contributed by atoms with Gasteiger partial charge in [-0.3, -0.25) is 4.98 Å². The molecular weight excluding hydrogens is 510 g/mol. The number of aryl methyl sites for hydroxylation is 1. The Kier molecular flexibility index (Phi) is 6.41. The first-order chi connectivity index (χ1) is 19.5. The number of para-hydroxylation sites is 1. The number of pyridine rings is 1. The number of halogens is 2. The van der Waals surface area contributed by atoms with E-state index in [0.29, 0.717) is 33.6 Å². The van der Waals surface area contributed by atoms with Gasteiger partial charge in [-0.1, -0.05) is 92.2 Å². The van der Waals surface area contributed by atoms with Crippen molar-refractivity contribution in [1.82, 2.24) is 4.98 Å². The van der Waals surface area contributed by atoms with E-state index in [1.54, 1.807) is 12.1 Å². The predicted molar refractivity (Wildman–Crippen MR) is 165 cm³/mol. The molecule has 4 radical (unpaired) electrons. The highest BCUT2D eigenvalue weighted by molar-refractivity contribution is 6.40. The molecule has 6 aromatic rings.